The Bertz CT molecular complexity index is 1550. The molecule has 3 N–H and O–H groups in total. The number of nitrogens with one attached hydrogen (secondary N) is 3. The minimum absolute atomic E-state index is 0.0728. The van der Waals surface area contributed by atoms with Gasteiger partial charge in [-0.15, -0.1) is 0 Å². The second kappa shape index (κ2) is 15.6. The number of sulfone groups is 1. The molecule has 0 fully saturated rings. The molecule has 47 heavy (non-hydrogen) atoms. The molecule has 0 unspecified atom stereocenters. The fourth-order valence-electron chi connectivity index (χ4n) is 5.32. The number of benzene rings is 2. The van der Waals surface area contributed by atoms with Gasteiger partial charge in [-0.25, -0.2) is 13.2 Å². The van der Waals surface area contributed by atoms with Gasteiger partial charge < -0.3 is 25.4 Å². The van der Waals surface area contributed by atoms with Crippen LogP contribution >= 0.6 is 0 Å². The summed E-state index contributed by atoms with van der Waals surface area (Å²) in [7, 11) is -3.56. The van der Waals surface area contributed by atoms with Gasteiger partial charge in [0, 0.05) is 17.6 Å². The summed E-state index contributed by atoms with van der Waals surface area (Å²) in [6.07, 6.45) is 1.09. The number of amides is 3. The van der Waals surface area contributed by atoms with Crippen LogP contribution in [0.15, 0.2) is 60.0 Å². The summed E-state index contributed by atoms with van der Waals surface area (Å²) in [5, 5.41) is 8.92. The molecule has 2 aromatic carbocycles. The van der Waals surface area contributed by atoms with Gasteiger partial charge in [-0.2, -0.15) is 0 Å². The molecule has 3 amide bonds. The number of carbonyl (C=O) groups is 4. The summed E-state index contributed by atoms with van der Waals surface area (Å²) in [5.74, 6) is -2.79. The van der Waals surface area contributed by atoms with Gasteiger partial charge in [0.15, 0.2) is 9.84 Å². The Labute approximate surface area is 277 Å². The average molecular weight is 670 g/mol. The molecular formula is C35H47N3O8S. The molecule has 0 radical (unpaired) electrons. The van der Waals surface area contributed by atoms with E-state index in [1.54, 1.807) is 48.5 Å². The largest absolute Gasteiger partial charge is 0.460 e. The van der Waals surface area contributed by atoms with Crippen molar-refractivity contribution in [3.63, 3.8) is 0 Å². The Morgan fingerprint density at radius 1 is 0.809 bits per heavy atom. The van der Waals surface area contributed by atoms with Crippen LogP contribution in [0.3, 0.4) is 0 Å². The molecule has 3 rings (SSSR count). The molecule has 11 nitrogen and oxygen atoms in total. The van der Waals surface area contributed by atoms with Gasteiger partial charge in [0.2, 0.25) is 11.8 Å². The molecule has 0 saturated heterocycles. The number of rotatable bonds is 13. The SMILES string of the molecule is CC(C)[C@H](NC(=O)OCC1c2ccccc2-c2ccccc21)C(=O)N[C@H](C(=O)N[C@H](/C=C/S(C)(=O)=O)CC(=O)OC(C)(C)C)C(C)C. The molecule has 0 spiro atoms. The standard InChI is InChI=1S/C35H47N3O8S/c1-21(2)30(32(40)36-23(17-18-47(8,43)44)19-29(39)46-35(5,6)7)37-33(41)31(22(3)4)38-34(42)45-20-28-26-15-11-9-13-24(26)25-14-10-12-16-27(25)28/h9-18,21-23,28,30-31H,19-20H2,1-8H3,(H,36,40)(H,37,41)(H,38,42)/b18-17+/t23-,30+,31+/m1/s1. The summed E-state index contributed by atoms with van der Waals surface area (Å²) in [6.45, 7) is 12.1. The topological polar surface area (TPSA) is 157 Å². The molecule has 2 aromatic rings. The highest BCUT2D eigenvalue weighted by atomic mass is 32.2. The third-order valence-electron chi connectivity index (χ3n) is 7.51. The van der Waals surface area contributed by atoms with Crippen molar-refractivity contribution >= 4 is 33.7 Å². The number of alkyl carbamates (subject to hydrolysis) is 1. The first-order valence-corrected chi connectivity index (χ1v) is 17.6. The van der Waals surface area contributed by atoms with E-state index in [-0.39, 0.29) is 24.9 Å². The lowest BCUT2D eigenvalue weighted by atomic mass is 9.98. The maximum absolute atomic E-state index is 13.5. The van der Waals surface area contributed by atoms with Crippen molar-refractivity contribution < 1.29 is 37.1 Å². The zero-order chi connectivity index (χ0) is 35.1. The molecule has 0 heterocycles. The highest BCUT2D eigenvalue weighted by Gasteiger charge is 2.33. The molecule has 0 aromatic heterocycles. The minimum Gasteiger partial charge on any atom is -0.460 e. The Balaban J connectivity index is 1.68. The van der Waals surface area contributed by atoms with Crippen LogP contribution in [0.25, 0.3) is 11.1 Å². The Kier molecular flexibility index (Phi) is 12.4. The van der Waals surface area contributed by atoms with Crippen LogP contribution in [0.4, 0.5) is 4.79 Å². The van der Waals surface area contributed by atoms with Crippen LogP contribution in [0.1, 0.15) is 71.9 Å². The van der Waals surface area contributed by atoms with Crippen molar-refractivity contribution in [3.8, 4) is 11.1 Å². The summed E-state index contributed by atoms with van der Waals surface area (Å²) >= 11 is 0. The lowest BCUT2D eigenvalue weighted by Gasteiger charge is -2.28. The van der Waals surface area contributed by atoms with Crippen LogP contribution in [-0.4, -0.2) is 68.9 Å². The van der Waals surface area contributed by atoms with Gasteiger partial charge in [-0.05, 0) is 54.9 Å². The highest BCUT2D eigenvalue weighted by Crippen LogP contribution is 2.44. The van der Waals surface area contributed by atoms with E-state index < -0.39 is 63.4 Å². The van der Waals surface area contributed by atoms with E-state index in [4.69, 9.17) is 9.47 Å². The van der Waals surface area contributed by atoms with Gasteiger partial charge >= 0.3 is 12.1 Å². The van der Waals surface area contributed by atoms with E-state index in [1.807, 2.05) is 48.5 Å². The van der Waals surface area contributed by atoms with E-state index in [0.717, 1.165) is 33.9 Å². The maximum Gasteiger partial charge on any atom is 0.407 e. The lowest BCUT2D eigenvalue weighted by molar-refractivity contribution is -0.155. The van der Waals surface area contributed by atoms with E-state index >= 15 is 0 Å². The smallest absolute Gasteiger partial charge is 0.407 e. The number of fused-ring (bicyclic) bond motifs is 3. The van der Waals surface area contributed by atoms with Crippen molar-refractivity contribution in [3.05, 3.63) is 71.1 Å². The highest BCUT2D eigenvalue weighted by molar-refractivity contribution is 7.93. The first-order chi connectivity index (χ1) is 21.9. The lowest BCUT2D eigenvalue weighted by Crippen LogP contribution is -2.57. The van der Waals surface area contributed by atoms with E-state index in [9.17, 15) is 27.6 Å². The first-order valence-electron chi connectivity index (χ1n) is 15.7. The quantitative estimate of drug-likeness (QED) is 0.264. The van der Waals surface area contributed by atoms with Gasteiger partial charge in [0.05, 0.1) is 12.5 Å². The molecule has 256 valence electrons. The number of esters is 1. The molecule has 0 saturated carbocycles. The number of hydrogen-bond donors (Lipinski definition) is 3. The van der Waals surface area contributed by atoms with Crippen LogP contribution in [0.2, 0.25) is 0 Å². The predicted octanol–water partition coefficient (Wildman–Crippen LogP) is 4.47. The Hall–Kier alpha value is -4.19. The van der Waals surface area contributed by atoms with Crippen molar-refractivity contribution in [2.45, 2.75) is 84.5 Å². The molecule has 12 heteroatoms. The summed E-state index contributed by atoms with van der Waals surface area (Å²) < 4.78 is 34.5. The normalized spacial score (nSPS) is 15.0. The first kappa shape index (κ1) is 37.3. The molecule has 0 bridgehead atoms. The monoisotopic (exact) mass is 669 g/mol. The zero-order valence-corrected chi connectivity index (χ0v) is 29.1. The van der Waals surface area contributed by atoms with Crippen molar-refractivity contribution in [1.82, 2.24) is 16.0 Å². The number of carbonyl (C=O) groups excluding carboxylic acids is 4. The van der Waals surface area contributed by atoms with Crippen LogP contribution in [0.5, 0.6) is 0 Å². The van der Waals surface area contributed by atoms with Crippen LogP contribution in [-0.2, 0) is 33.7 Å². The molecule has 3 atom stereocenters. The maximum atomic E-state index is 13.5. The zero-order valence-electron chi connectivity index (χ0n) is 28.3. The third kappa shape index (κ3) is 10.9. The summed E-state index contributed by atoms with van der Waals surface area (Å²) in [6, 6.07) is 12.8. The Morgan fingerprint density at radius 2 is 1.30 bits per heavy atom. The second-order valence-corrected chi connectivity index (χ2v) is 15.4. The number of hydrogen-bond acceptors (Lipinski definition) is 8. The fourth-order valence-corrected chi connectivity index (χ4v) is 5.80. The molecule has 1 aliphatic carbocycles. The van der Waals surface area contributed by atoms with Gasteiger partial charge in [0.25, 0.3) is 0 Å². The minimum atomic E-state index is -3.56. The van der Waals surface area contributed by atoms with E-state index in [2.05, 4.69) is 16.0 Å². The van der Waals surface area contributed by atoms with E-state index in [0.29, 0.717) is 0 Å². The van der Waals surface area contributed by atoms with Gasteiger partial charge in [-0.1, -0.05) is 82.3 Å². The third-order valence-corrected chi connectivity index (χ3v) is 8.16. The fraction of sp³-hybridized carbons (Fsp3) is 0.486. The van der Waals surface area contributed by atoms with Gasteiger partial charge in [-0.3, -0.25) is 14.4 Å². The average Bonchev–Trinajstić information content (AvgIpc) is 3.28. The van der Waals surface area contributed by atoms with Crippen molar-refractivity contribution in [1.29, 1.82) is 0 Å². The second-order valence-electron chi connectivity index (χ2n) is 13.5. The summed E-state index contributed by atoms with van der Waals surface area (Å²) in [5.41, 5.74) is 3.51. The van der Waals surface area contributed by atoms with Crippen LogP contribution < -0.4 is 16.0 Å². The molecule has 0 aliphatic heterocycles. The van der Waals surface area contributed by atoms with Gasteiger partial charge in [0.1, 0.15) is 24.3 Å². The van der Waals surface area contributed by atoms with Crippen LogP contribution in [0, 0.1) is 11.8 Å². The van der Waals surface area contributed by atoms with E-state index in [1.165, 1.54) is 6.08 Å². The Morgan fingerprint density at radius 3 is 1.79 bits per heavy atom. The summed E-state index contributed by atoms with van der Waals surface area (Å²) in [4.78, 5) is 52.4. The van der Waals surface area contributed by atoms with Crippen molar-refractivity contribution in [2.75, 3.05) is 12.9 Å². The predicted molar refractivity (Wildman–Crippen MR) is 180 cm³/mol. The number of ether oxygens (including phenoxy) is 2. The molecule has 1 aliphatic rings. The molecular weight excluding hydrogens is 622 g/mol. The van der Waals surface area contributed by atoms with Crippen molar-refractivity contribution in [2.24, 2.45) is 11.8 Å².